The van der Waals surface area contributed by atoms with Gasteiger partial charge in [-0.15, -0.1) is 0 Å². The Labute approximate surface area is 105 Å². The molecule has 0 fully saturated rings. The number of ether oxygens (including phenoxy) is 1. The molecule has 50 valence electrons. The van der Waals surface area contributed by atoms with E-state index in [1.165, 1.54) is 0 Å². The number of esters is 1. The number of nitrogens with two attached hydrogens (primary N) is 2. The van der Waals surface area contributed by atoms with E-state index in [0.29, 0.717) is 0 Å². The zero-order valence-corrected chi connectivity index (χ0v) is 10.1. The Bertz CT molecular complexity index is 126. The Hall–Kier alpha value is 0.900. The second-order valence-corrected chi connectivity index (χ2v) is 0.997. The van der Waals surface area contributed by atoms with Gasteiger partial charge in [0.05, 0.1) is 6.54 Å². The van der Waals surface area contributed by atoms with Crippen molar-refractivity contribution in [2.45, 2.75) is 0 Å². The van der Waals surface area contributed by atoms with Crippen molar-refractivity contribution in [3.63, 3.8) is 0 Å². The van der Waals surface area contributed by atoms with E-state index in [1.54, 1.807) is 0 Å². The molecule has 0 unspecified atom stereocenters. The predicted octanol–water partition coefficient (Wildman–Crippen LogP) is -7.20. The van der Waals surface area contributed by atoms with Gasteiger partial charge < -0.3 is 19.1 Å². The molecule has 10 heavy (non-hydrogen) atoms. The monoisotopic (exact) mass is 166 g/mol. The van der Waals surface area contributed by atoms with Gasteiger partial charge in [0.25, 0.3) is 0 Å². The van der Waals surface area contributed by atoms with E-state index in [2.05, 4.69) is 10.5 Å². The average Bonchev–Trinajstić information content (AvgIpc) is 1.65. The number of primary amides is 1. The Kier molecular flexibility index (Phi) is 16.9. The van der Waals surface area contributed by atoms with Crippen LogP contribution in [0.3, 0.4) is 0 Å². The topological polar surface area (TPSA) is 95.4 Å². The van der Waals surface area contributed by atoms with Crippen LogP contribution in [0.25, 0.3) is 0 Å². The summed E-state index contributed by atoms with van der Waals surface area (Å²) in [6.45, 7) is -0.330. The first-order valence-corrected chi connectivity index (χ1v) is 1.87. The summed E-state index contributed by atoms with van der Waals surface area (Å²) in [6, 6.07) is 0. The molecular formula is C3H8N2Na2O3. The fraction of sp³-hybridized carbons (Fsp3) is 0.333. The molecular weight excluding hydrogens is 158 g/mol. The first-order valence-electron chi connectivity index (χ1n) is 1.87. The molecule has 0 aliphatic rings. The number of hydrogen-bond acceptors (Lipinski definition) is 4. The van der Waals surface area contributed by atoms with Crippen LogP contribution in [0.5, 0.6) is 0 Å². The van der Waals surface area contributed by atoms with Gasteiger partial charge in [-0.05, 0) is 0 Å². The molecule has 0 saturated heterocycles. The summed E-state index contributed by atoms with van der Waals surface area (Å²) in [6.07, 6.45) is -1.12. The molecule has 0 heterocycles. The number of carbonyl (C=O) groups is 2. The van der Waals surface area contributed by atoms with Crippen molar-refractivity contribution in [1.29, 1.82) is 0 Å². The summed E-state index contributed by atoms with van der Waals surface area (Å²) < 4.78 is 3.77. The van der Waals surface area contributed by atoms with E-state index in [0.717, 1.165) is 0 Å². The summed E-state index contributed by atoms with van der Waals surface area (Å²) >= 11 is 0. The van der Waals surface area contributed by atoms with Gasteiger partial charge in [-0.3, -0.25) is 4.79 Å². The average molecular weight is 166 g/mol. The first kappa shape index (κ1) is 17.1. The molecule has 0 spiro atoms. The van der Waals surface area contributed by atoms with Gasteiger partial charge in [0.2, 0.25) is 0 Å². The number of hydrogen-bond donors (Lipinski definition) is 2. The fourth-order valence-corrected chi connectivity index (χ4v) is 0.154. The van der Waals surface area contributed by atoms with Crippen molar-refractivity contribution >= 4 is 12.1 Å². The summed E-state index contributed by atoms with van der Waals surface area (Å²) in [5.41, 5.74) is 9.17. The zero-order valence-electron chi connectivity index (χ0n) is 8.09. The third-order valence-corrected chi connectivity index (χ3v) is 0.381. The Balaban J connectivity index is -0.0000000408. The van der Waals surface area contributed by atoms with Crippen LogP contribution in [0.1, 0.15) is 2.85 Å². The molecule has 0 atom stereocenters. The van der Waals surface area contributed by atoms with Gasteiger partial charge in [0.1, 0.15) is 0 Å². The van der Waals surface area contributed by atoms with Crippen molar-refractivity contribution in [2.75, 3.05) is 6.54 Å². The van der Waals surface area contributed by atoms with Crippen LogP contribution in [0.2, 0.25) is 0 Å². The molecule has 0 rings (SSSR count). The summed E-state index contributed by atoms with van der Waals surface area (Å²) in [5, 5.41) is 0. The smallest absolute Gasteiger partial charge is 1.00 e. The van der Waals surface area contributed by atoms with Crippen molar-refractivity contribution in [3.05, 3.63) is 0 Å². The minimum atomic E-state index is -1.12. The van der Waals surface area contributed by atoms with Gasteiger partial charge in [0.15, 0.2) is 0 Å². The minimum absolute atomic E-state index is 0. The van der Waals surface area contributed by atoms with Gasteiger partial charge in [0, 0.05) is 0 Å². The molecule has 0 saturated carbocycles. The quantitative estimate of drug-likeness (QED) is 0.230. The zero-order chi connectivity index (χ0) is 6.57. The van der Waals surface area contributed by atoms with Crippen LogP contribution in [0.15, 0.2) is 0 Å². The molecule has 1 amide bonds. The Morgan fingerprint density at radius 2 is 1.80 bits per heavy atom. The van der Waals surface area contributed by atoms with E-state index in [4.69, 9.17) is 5.73 Å². The third kappa shape index (κ3) is 11.7. The van der Waals surface area contributed by atoms with Gasteiger partial charge in [-0.2, -0.15) is 0 Å². The summed E-state index contributed by atoms with van der Waals surface area (Å²) in [4.78, 5) is 19.7. The Morgan fingerprint density at radius 3 is 1.90 bits per heavy atom. The second-order valence-electron chi connectivity index (χ2n) is 0.997. The normalized spacial score (nSPS) is 6.50. The molecule has 4 N–H and O–H groups in total. The van der Waals surface area contributed by atoms with Crippen molar-refractivity contribution in [3.8, 4) is 0 Å². The largest absolute Gasteiger partial charge is 1.00 e. The maximum Gasteiger partial charge on any atom is 1.00 e. The molecule has 0 aliphatic heterocycles. The van der Waals surface area contributed by atoms with Gasteiger partial charge in [-0.1, -0.05) is 0 Å². The van der Waals surface area contributed by atoms with E-state index < -0.39 is 12.1 Å². The van der Waals surface area contributed by atoms with Crippen molar-refractivity contribution in [1.82, 2.24) is 0 Å². The van der Waals surface area contributed by atoms with E-state index >= 15 is 0 Å². The molecule has 0 aromatic rings. The molecule has 5 nitrogen and oxygen atoms in total. The van der Waals surface area contributed by atoms with Gasteiger partial charge >= 0.3 is 71.2 Å². The molecule has 0 radical (unpaired) electrons. The molecule has 0 bridgehead atoms. The summed E-state index contributed by atoms with van der Waals surface area (Å²) in [7, 11) is 0. The van der Waals surface area contributed by atoms with Crippen LogP contribution in [-0.4, -0.2) is 18.6 Å². The maximum atomic E-state index is 9.97. The van der Waals surface area contributed by atoms with E-state index in [-0.39, 0.29) is 68.5 Å². The standard InChI is InChI=1S/C3H6N2O3.2Na.2H/c4-1-2(6)8-3(5)7;;;;/h1,4H2,(H2,5,7);;;;/q;2*+1;2*-1. The molecule has 0 aliphatic carbocycles. The number of amides is 1. The fourth-order valence-electron chi connectivity index (χ4n) is 0.154. The minimum Gasteiger partial charge on any atom is -1.00 e. The van der Waals surface area contributed by atoms with Crippen molar-refractivity contribution < 1.29 is 76.3 Å². The van der Waals surface area contributed by atoms with Crippen LogP contribution in [0, 0.1) is 0 Å². The molecule has 7 heteroatoms. The van der Waals surface area contributed by atoms with Crippen LogP contribution in [-0.2, 0) is 9.53 Å². The number of carbonyl (C=O) groups excluding carboxylic acids is 2. The van der Waals surface area contributed by atoms with Crippen LogP contribution < -0.4 is 70.6 Å². The van der Waals surface area contributed by atoms with Gasteiger partial charge in [-0.25, -0.2) is 4.79 Å². The third-order valence-electron chi connectivity index (χ3n) is 0.381. The number of rotatable bonds is 1. The predicted molar refractivity (Wildman–Crippen MR) is 27.0 cm³/mol. The summed E-state index contributed by atoms with van der Waals surface area (Å²) in [5.74, 6) is -0.822. The van der Waals surface area contributed by atoms with Crippen LogP contribution in [0.4, 0.5) is 4.79 Å². The van der Waals surface area contributed by atoms with E-state index in [1.807, 2.05) is 0 Å². The Morgan fingerprint density at radius 1 is 1.40 bits per heavy atom. The molecule has 0 aromatic heterocycles. The second kappa shape index (κ2) is 9.90. The van der Waals surface area contributed by atoms with Crippen LogP contribution >= 0.6 is 0 Å². The van der Waals surface area contributed by atoms with E-state index in [9.17, 15) is 9.59 Å². The first-order chi connectivity index (χ1) is 3.66. The molecule has 0 aromatic carbocycles. The maximum absolute atomic E-state index is 9.97. The SMILES string of the molecule is NCC(=O)OC(N)=O.[H-].[H-].[Na+].[Na+]. The van der Waals surface area contributed by atoms with Crippen molar-refractivity contribution in [2.24, 2.45) is 11.5 Å².